The first kappa shape index (κ1) is 21.2. The van der Waals surface area contributed by atoms with Crippen LogP contribution in [0.4, 0.5) is 4.79 Å². The van der Waals surface area contributed by atoms with Gasteiger partial charge in [0.2, 0.25) is 0 Å². The highest BCUT2D eigenvalue weighted by Gasteiger charge is 2.35. The fourth-order valence-corrected chi connectivity index (χ4v) is 2.34. The largest absolute Gasteiger partial charge is 0.464 e. The van der Waals surface area contributed by atoms with Crippen LogP contribution in [0, 0.1) is 0 Å². The number of hydrogen-bond acceptors (Lipinski definition) is 7. The van der Waals surface area contributed by atoms with E-state index < -0.39 is 23.6 Å². The zero-order valence-corrected chi connectivity index (χ0v) is 15.7. The highest BCUT2D eigenvalue weighted by Crippen LogP contribution is 2.19. The van der Waals surface area contributed by atoms with Crippen LogP contribution in [0.5, 0.6) is 0 Å². The Morgan fingerprint density at radius 3 is 1.88 bits per heavy atom. The minimum Gasteiger partial charge on any atom is -0.464 e. The standard InChI is InChI=1S/C17H29NO7/c1-6-22-14(19)13(15(20)23-7-2)24-12-8-10-18(11-9-12)16(21)25-17(3,4)5/h12-13H,6-11H2,1-5H3. The lowest BCUT2D eigenvalue weighted by Gasteiger charge is -2.34. The summed E-state index contributed by atoms with van der Waals surface area (Å²) in [5.74, 6) is -1.51. The maximum atomic E-state index is 12.0. The van der Waals surface area contributed by atoms with E-state index in [1.165, 1.54) is 0 Å². The van der Waals surface area contributed by atoms with Crippen LogP contribution >= 0.6 is 0 Å². The van der Waals surface area contributed by atoms with Crippen LogP contribution in [0.2, 0.25) is 0 Å². The molecule has 1 fully saturated rings. The molecule has 1 amide bonds. The lowest BCUT2D eigenvalue weighted by Crippen LogP contribution is -2.46. The summed E-state index contributed by atoms with van der Waals surface area (Å²) >= 11 is 0. The molecule has 1 rings (SSSR count). The summed E-state index contributed by atoms with van der Waals surface area (Å²) in [6, 6.07) is 0. The minimum atomic E-state index is -1.39. The number of esters is 2. The molecule has 1 aliphatic rings. The molecule has 0 atom stereocenters. The quantitative estimate of drug-likeness (QED) is 0.406. The molecule has 0 unspecified atom stereocenters. The Balaban J connectivity index is 2.57. The summed E-state index contributed by atoms with van der Waals surface area (Å²) in [6.07, 6.45) is -1.11. The Bertz CT molecular complexity index is 446. The van der Waals surface area contributed by atoms with Gasteiger partial charge in [-0.1, -0.05) is 0 Å². The minimum absolute atomic E-state index is 0.148. The Hall–Kier alpha value is -1.83. The van der Waals surface area contributed by atoms with E-state index in [0.29, 0.717) is 25.9 Å². The fraction of sp³-hybridized carbons (Fsp3) is 0.824. The lowest BCUT2D eigenvalue weighted by atomic mass is 10.1. The number of piperidine rings is 1. The van der Waals surface area contributed by atoms with Gasteiger partial charge in [-0.3, -0.25) is 0 Å². The first-order chi connectivity index (χ1) is 11.7. The molecule has 0 saturated carbocycles. The molecule has 0 aliphatic carbocycles. The Labute approximate surface area is 148 Å². The molecule has 0 bridgehead atoms. The van der Waals surface area contributed by atoms with E-state index in [0.717, 1.165) is 0 Å². The summed E-state index contributed by atoms with van der Waals surface area (Å²) in [7, 11) is 0. The van der Waals surface area contributed by atoms with E-state index in [2.05, 4.69) is 0 Å². The molecule has 25 heavy (non-hydrogen) atoms. The number of carbonyl (C=O) groups is 3. The van der Waals surface area contributed by atoms with Crippen LogP contribution in [0.15, 0.2) is 0 Å². The van der Waals surface area contributed by atoms with E-state index in [-0.39, 0.29) is 25.4 Å². The summed E-state index contributed by atoms with van der Waals surface area (Å²) in [6.45, 7) is 9.89. The van der Waals surface area contributed by atoms with Gasteiger partial charge in [-0.15, -0.1) is 0 Å². The lowest BCUT2D eigenvalue weighted by molar-refractivity contribution is -0.179. The average molecular weight is 359 g/mol. The van der Waals surface area contributed by atoms with Crippen LogP contribution < -0.4 is 0 Å². The van der Waals surface area contributed by atoms with Crippen LogP contribution in [0.25, 0.3) is 0 Å². The molecule has 144 valence electrons. The summed E-state index contributed by atoms with van der Waals surface area (Å²) in [4.78, 5) is 37.5. The topological polar surface area (TPSA) is 91.4 Å². The van der Waals surface area contributed by atoms with Crippen molar-refractivity contribution < 1.29 is 33.3 Å². The van der Waals surface area contributed by atoms with Crippen LogP contribution in [0.3, 0.4) is 0 Å². The van der Waals surface area contributed by atoms with Gasteiger partial charge >= 0.3 is 18.0 Å². The third-order valence-corrected chi connectivity index (χ3v) is 3.42. The van der Waals surface area contributed by atoms with Gasteiger partial charge in [-0.25, -0.2) is 14.4 Å². The van der Waals surface area contributed by atoms with Gasteiger partial charge in [0.25, 0.3) is 6.10 Å². The fourth-order valence-electron chi connectivity index (χ4n) is 2.34. The van der Waals surface area contributed by atoms with Crippen LogP contribution in [-0.4, -0.2) is 67.0 Å². The van der Waals surface area contributed by atoms with Crippen molar-refractivity contribution in [1.82, 2.24) is 4.90 Å². The van der Waals surface area contributed by atoms with Crippen molar-refractivity contribution in [3.8, 4) is 0 Å². The number of likely N-dealkylation sites (tertiary alicyclic amines) is 1. The van der Waals surface area contributed by atoms with Crippen LogP contribution in [-0.2, 0) is 28.5 Å². The monoisotopic (exact) mass is 359 g/mol. The molecule has 8 nitrogen and oxygen atoms in total. The van der Waals surface area contributed by atoms with E-state index in [4.69, 9.17) is 18.9 Å². The Morgan fingerprint density at radius 2 is 1.48 bits per heavy atom. The van der Waals surface area contributed by atoms with Crippen molar-refractivity contribution in [2.75, 3.05) is 26.3 Å². The summed E-state index contributed by atoms with van der Waals surface area (Å²) in [5.41, 5.74) is -0.552. The van der Waals surface area contributed by atoms with Crippen molar-refractivity contribution in [2.45, 2.75) is 65.3 Å². The second-order valence-corrected chi connectivity index (χ2v) is 6.69. The van der Waals surface area contributed by atoms with Crippen molar-refractivity contribution >= 4 is 18.0 Å². The first-order valence-electron chi connectivity index (χ1n) is 8.64. The van der Waals surface area contributed by atoms with Crippen molar-refractivity contribution in [2.24, 2.45) is 0 Å². The van der Waals surface area contributed by atoms with Gasteiger partial charge < -0.3 is 23.8 Å². The number of hydrogen-bond donors (Lipinski definition) is 0. The van der Waals surface area contributed by atoms with Gasteiger partial charge in [0.1, 0.15) is 5.60 Å². The second kappa shape index (κ2) is 9.60. The second-order valence-electron chi connectivity index (χ2n) is 6.69. The predicted octanol–water partition coefficient (Wildman–Crippen LogP) is 1.90. The normalized spacial score (nSPS) is 15.8. The van der Waals surface area contributed by atoms with Gasteiger partial charge in [0.15, 0.2) is 0 Å². The molecule has 8 heteroatoms. The Kier molecular flexibility index (Phi) is 8.15. The number of carbonyl (C=O) groups excluding carboxylic acids is 3. The smallest absolute Gasteiger partial charge is 0.410 e. The van der Waals surface area contributed by atoms with E-state index in [9.17, 15) is 14.4 Å². The molecule has 0 aromatic rings. The number of amides is 1. The maximum absolute atomic E-state index is 12.0. The number of rotatable bonds is 6. The third-order valence-electron chi connectivity index (χ3n) is 3.42. The van der Waals surface area contributed by atoms with E-state index in [1.54, 1.807) is 18.7 Å². The van der Waals surface area contributed by atoms with E-state index >= 15 is 0 Å². The van der Waals surface area contributed by atoms with Gasteiger partial charge in [-0.05, 0) is 47.5 Å². The molecule has 0 radical (unpaired) electrons. The van der Waals surface area contributed by atoms with Crippen LogP contribution in [0.1, 0.15) is 47.5 Å². The molecule has 1 saturated heterocycles. The van der Waals surface area contributed by atoms with Gasteiger partial charge in [-0.2, -0.15) is 0 Å². The maximum Gasteiger partial charge on any atom is 0.410 e. The SMILES string of the molecule is CCOC(=O)C(OC1CCN(C(=O)OC(C)(C)C)CC1)C(=O)OCC. The Morgan fingerprint density at radius 1 is 1.00 bits per heavy atom. The van der Waals surface area contributed by atoms with E-state index in [1.807, 2.05) is 20.8 Å². The molecule has 0 N–H and O–H groups in total. The molecular formula is C17H29NO7. The molecule has 0 spiro atoms. The molecule has 0 aromatic heterocycles. The van der Waals surface area contributed by atoms with Gasteiger partial charge in [0, 0.05) is 13.1 Å². The zero-order valence-electron chi connectivity index (χ0n) is 15.7. The molecular weight excluding hydrogens is 330 g/mol. The zero-order chi connectivity index (χ0) is 19.0. The third kappa shape index (κ3) is 7.29. The van der Waals surface area contributed by atoms with Crippen molar-refractivity contribution in [1.29, 1.82) is 0 Å². The molecule has 1 heterocycles. The summed E-state index contributed by atoms with van der Waals surface area (Å²) < 4.78 is 20.7. The highest BCUT2D eigenvalue weighted by molar-refractivity contribution is 5.98. The summed E-state index contributed by atoms with van der Waals surface area (Å²) in [5, 5.41) is 0. The average Bonchev–Trinajstić information content (AvgIpc) is 2.51. The molecule has 1 aliphatic heterocycles. The van der Waals surface area contributed by atoms with Gasteiger partial charge in [0.05, 0.1) is 19.3 Å². The molecule has 0 aromatic carbocycles. The van der Waals surface area contributed by atoms with Crippen molar-refractivity contribution in [3.63, 3.8) is 0 Å². The number of ether oxygens (including phenoxy) is 4. The first-order valence-corrected chi connectivity index (χ1v) is 8.64. The highest BCUT2D eigenvalue weighted by atomic mass is 16.6. The van der Waals surface area contributed by atoms with Crippen molar-refractivity contribution in [3.05, 3.63) is 0 Å². The predicted molar refractivity (Wildman–Crippen MR) is 89.0 cm³/mol. The number of nitrogens with zero attached hydrogens (tertiary/aromatic N) is 1.